The van der Waals surface area contributed by atoms with Crippen LogP contribution in [0.25, 0.3) is 12.2 Å². The van der Waals surface area contributed by atoms with E-state index in [0.717, 1.165) is 0 Å². The Balaban J connectivity index is 1.91. The summed E-state index contributed by atoms with van der Waals surface area (Å²) in [6.45, 7) is 29.6. The van der Waals surface area contributed by atoms with Crippen LogP contribution in [0.5, 0.6) is 0 Å². The number of fused-ring (bicyclic) bond motifs is 2. The van der Waals surface area contributed by atoms with E-state index in [9.17, 15) is 0 Å². The summed E-state index contributed by atoms with van der Waals surface area (Å²) in [4.78, 5) is 0. The Bertz CT molecular complexity index is 1850. The van der Waals surface area contributed by atoms with Gasteiger partial charge in [-0.05, 0) is 0 Å². The Labute approximate surface area is 332 Å². The Morgan fingerprint density at radius 1 is 0.519 bits per heavy atom. The van der Waals surface area contributed by atoms with Crippen LogP contribution in [-0.2, 0) is 17.9 Å². The minimum atomic E-state index is -4.57. The second kappa shape index (κ2) is 16.5. The van der Waals surface area contributed by atoms with Gasteiger partial charge in [0.2, 0.25) is 0 Å². The van der Waals surface area contributed by atoms with E-state index in [-0.39, 0.29) is 0 Å². The van der Waals surface area contributed by atoms with Gasteiger partial charge in [0.05, 0.1) is 0 Å². The molecule has 0 N–H and O–H groups in total. The summed E-state index contributed by atoms with van der Waals surface area (Å²) < 4.78 is 3.87. The van der Waals surface area contributed by atoms with Gasteiger partial charge >= 0.3 is 335 Å². The molecule has 287 valence electrons. The number of allylic oxidation sites excluding steroid dienone is 2. The first-order valence-corrected chi connectivity index (χ1v) is 34.1. The molecule has 2 aliphatic carbocycles. The van der Waals surface area contributed by atoms with Gasteiger partial charge in [0.25, 0.3) is 0 Å². The van der Waals surface area contributed by atoms with Crippen LogP contribution in [0, 0.1) is 0 Å². The fourth-order valence-electron chi connectivity index (χ4n) is 12.0. The van der Waals surface area contributed by atoms with Gasteiger partial charge in [0.15, 0.2) is 0 Å². The first kappa shape index (κ1) is 41.1. The van der Waals surface area contributed by atoms with Gasteiger partial charge < -0.3 is 0 Å². The van der Waals surface area contributed by atoms with E-state index in [0.29, 0.717) is 30.9 Å². The van der Waals surface area contributed by atoms with Crippen molar-refractivity contribution in [2.45, 2.75) is 148 Å². The van der Waals surface area contributed by atoms with Crippen molar-refractivity contribution in [2.75, 3.05) is 0 Å². The topological polar surface area (TPSA) is 0 Å². The van der Waals surface area contributed by atoms with Crippen molar-refractivity contribution in [1.29, 1.82) is 0 Å². The van der Waals surface area contributed by atoms with Crippen molar-refractivity contribution < 1.29 is 17.9 Å². The second-order valence-electron chi connectivity index (χ2n) is 18.9. The number of hydrogen-bond acceptors (Lipinski definition) is 0. The molecule has 4 aromatic carbocycles. The van der Waals surface area contributed by atoms with Gasteiger partial charge in [0.1, 0.15) is 0 Å². The van der Waals surface area contributed by atoms with Crippen molar-refractivity contribution in [2.24, 2.45) is 0 Å². The first-order chi connectivity index (χ1) is 25.8. The van der Waals surface area contributed by atoms with E-state index in [1.807, 2.05) is 0 Å². The molecule has 4 aromatic rings. The van der Waals surface area contributed by atoms with Gasteiger partial charge in [-0.2, -0.15) is 0 Å². The van der Waals surface area contributed by atoms with Crippen LogP contribution >= 0.6 is 0 Å². The quantitative estimate of drug-likeness (QED) is 0.105. The number of rotatable bonds is 15. The van der Waals surface area contributed by atoms with E-state index in [1.165, 1.54) is 45.1 Å². The Hall–Kier alpha value is -2.54. The molecule has 0 fully saturated rings. The van der Waals surface area contributed by atoms with E-state index in [1.54, 1.807) is 54.9 Å². The zero-order valence-corrected chi connectivity index (χ0v) is 39.6. The maximum atomic E-state index is 2.76. The molecule has 0 saturated heterocycles. The molecule has 2 aliphatic rings. The van der Waals surface area contributed by atoms with Crippen LogP contribution in [0.2, 0.25) is 8.26 Å². The first-order valence-electron chi connectivity index (χ1n) is 21.8. The fourth-order valence-corrected chi connectivity index (χ4v) is 70.4. The molecule has 0 radical (unpaired) electrons. The Morgan fingerprint density at radius 3 is 1.20 bits per heavy atom. The number of hydrogen-bond donors (Lipinski definition) is 0. The zero-order chi connectivity index (χ0) is 39.0. The summed E-state index contributed by atoms with van der Waals surface area (Å²) in [7, 11) is 0. The molecular weight excluding hydrogens is 744 g/mol. The van der Waals surface area contributed by atoms with Crippen LogP contribution < -0.4 is 10.4 Å². The summed E-state index contributed by atoms with van der Waals surface area (Å²) in [6, 6.07) is 35.1. The summed E-state index contributed by atoms with van der Waals surface area (Å²) in [5.41, 5.74) is 16.2. The van der Waals surface area contributed by atoms with Crippen molar-refractivity contribution in [3.05, 3.63) is 141 Å². The molecule has 0 saturated carbocycles. The van der Waals surface area contributed by atoms with E-state index < -0.39 is 23.9 Å². The number of unbranched alkanes of at least 4 members (excludes halogenated alkanes) is 2. The fraction of sp³-hybridized carbons (Fsp3) is 0.462. The standard InChI is InChI=1S/2C16H21.C12H11Si.2C4H9.Zr/c2*1-10(2)13-8-14-6-12(5)7-16(14)15(9-13)11(3)4;1-3-7-11(8-4-1)13-12-9-5-2-6-10-12;2*1-3-4-2;/h2*6-11H,1-5H3;1-10,13H;2*1,3-4H2,2H3;. The van der Waals surface area contributed by atoms with Crippen molar-refractivity contribution >= 4 is 28.4 Å². The third-order valence-corrected chi connectivity index (χ3v) is 59.7. The van der Waals surface area contributed by atoms with Crippen LogP contribution in [0.1, 0.15) is 184 Å². The Kier molecular flexibility index (Phi) is 12.6. The van der Waals surface area contributed by atoms with Gasteiger partial charge in [-0.1, -0.05) is 0 Å². The molecule has 2 unspecified atom stereocenters. The van der Waals surface area contributed by atoms with E-state index in [2.05, 4.69) is 180 Å². The van der Waals surface area contributed by atoms with Gasteiger partial charge in [-0.3, -0.25) is 0 Å². The zero-order valence-electron chi connectivity index (χ0n) is 36.0. The minimum absolute atomic E-state index is 0.486. The third-order valence-electron chi connectivity index (χ3n) is 14.2. The molecule has 0 amide bonds. The molecule has 0 heterocycles. The molecule has 2 heteroatoms. The summed E-state index contributed by atoms with van der Waals surface area (Å²) >= 11 is -4.57. The summed E-state index contributed by atoms with van der Waals surface area (Å²) in [5.74, 6) is 0.0249. The van der Waals surface area contributed by atoms with Crippen molar-refractivity contribution in [3.63, 3.8) is 0 Å². The van der Waals surface area contributed by atoms with Crippen LogP contribution in [-0.4, -0.2) is 5.92 Å². The predicted molar refractivity (Wildman–Crippen MR) is 241 cm³/mol. The SMILES string of the molecule is CCC[CH2][Zr]([CH2]CCC)([CH]1C(C)=Cc2c(C(C)C)cc(C(C)C)cc21)([CH]1C(C)=Cc2c(C(C)C)cc(C(C)C)cc21)[SiH](c1ccccc1)c1ccccc1. The predicted octanol–water partition coefficient (Wildman–Crippen LogP) is 14.5. The molecule has 6 rings (SSSR count). The summed E-state index contributed by atoms with van der Waals surface area (Å²) in [6.07, 6.45) is 10.6. The van der Waals surface area contributed by atoms with Crippen molar-refractivity contribution in [1.82, 2.24) is 0 Å². The maximum absolute atomic E-state index is 4.57. The third kappa shape index (κ3) is 6.93. The van der Waals surface area contributed by atoms with Crippen LogP contribution in [0.15, 0.2) is 96.1 Å². The van der Waals surface area contributed by atoms with E-state index in [4.69, 9.17) is 0 Å². The summed E-state index contributed by atoms with van der Waals surface area (Å²) in [5, 5.41) is 3.38. The van der Waals surface area contributed by atoms with Crippen molar-refractivity contribution in [3.8, 4) is 0 Å². The molecular formula is C52H71SiZr. The van der Waals surface area contributed by atoms with Crippen LogP contribution in [0.3, 0.4) is 0 Å². The molecule has 0 bridgehead atoms. The number of benzene rings is 4. The average molecular weight is 815 g/mol. The molecule has 0 spiro atoms. The molecule has 0 nitrogen and oxygen atoms in total. The normalized spacial score (nSPS) is 17.7. The van der Waals surface area contributed by atoms with Gasteiger partial charge in [0, 0.05) is 0 Å². The van der Waals surface area contributed by atoms with Gasteiger partial charge in [-0.15, -0.1) is 0 Å². The average Bonchev–Trinajstić information content (AvgIpc) is 3.68. The molecule has 0 aliphatic heterocycles. The Morgan fingerprint density at radius 2 is 0.889 bits per heavy atom. The van der Waals surface area contributed by atoms with E-state index >= 15 is 0 Å². The van der Waals surface area contributed by atoms with Crippen LogP contribution in [0.4, 0.5) is 0 Å². The molecule has 54 heavy (non-hydrogen) atoms. The molecule has 2 atom stereocenters. The second-order valence-corrected chi connectivity index (χ2v) is 49.2. The monoisotopic (exact) mass is 813 g/mol. The molecule has 0 aromatic heterocycles. The van der Waals surface area contributed by atoms with Gasteiger partial charge in [-0.25, -0.2) is 0 Å².